The Kier molecular flexibility index (Phi) is 6.26. The Morgan fingerprint density at radius 3 is 2.40 bits per heavy atom. The number of hydrogen-bond donors (Lipinski definition) is 1. The van der Waals surface area contributed by atoms with Gasteiger partial charge in [-0.25, -0.2) is 9.69 Å². The number of aliphatic carboxylic acids is 1. The summed E-state index contributed by atoms with van der Waals surface area (Å²) < 4.78 is 7.38. The molecule has 1 aliphatic heterocycles. The van der Waals surface area contributed by atoms with Gasteiger partial charge in [0.1, 0.15) is 11.5 Å². The van der Waals surface area contributed by atoms with Crippen LogP contribution in [0.5, 0.6) is 0 Å². The van der Waals surface area contributed by atoms with Crippen LogP contribution in [0.1, 0.15) is 43.0 Å². The van der Waals surface area contributed by atoms with Crippen molar-refractivity contribution in [3.63, 3.8) is 0 Å². The molecule has 1 amide bonds. The van der Waals surface area contributed by atoms with Gasteiger partial charge in [-0.3, -0.25) is 9.59 Å². The van der Waals surface area contributed by atoms with E-state index in [1.165, 1.54) is 5.01 Å². The zero-order valence-electron chi connectivity index (χ0n) is 18.9. The average molecular weight is 469 g/mol. The van der Waals surface area contributed by atoms with E-state index in [1.54, 1.807) is 12.3 Å². The van der Waals surface area contributed by atoms with Crippen LogP contribution in [0, 0.1) is 0 Å². The fourth-order valence-electron chi connectivity index (χ4n) is 4.24. The number of benzene rings is 2. The molecule has 1 atom stereocenters. The summed E-state index contributed by atoms with van der Waals surface area (Å²) >= 11 is 0. The standard InChI is InChI=1S/C27H24N4O4/c32-25(14-7-15-26(33)34)31-23(17-22(28-31)24-13-8-16-35-24)21-18-30(20-11-5-2-6-12-20)29-27(21)19-9-3-1-4-10-19/h1-6,8-13,16,18,23H,7,14-15,17H2,(H,33,34)/t23-/m0/s1. The van der Waals surface area contributed by atoms with Crippen LogP contribution in [0.3, 0.4) is 0 Å². The maximum atomic E-state index is 13.2. The lowest BCUT2D eigenvalue weighted by molar-refractivity contribution is -0.137. The number of hydrazone groups is 1. The lowest BCUT2D eigenvalue weighted by atomic mass is 9.98. The fourth-order valence-corrected chi connectivity index (χ4v) is 4.24. The monoisotopic (exact) mass is 468 g/mol. The summed E-state index contributed by atoms with van der Waals surface area (Å²) in [4.78, 5) is 24.2. The molecule has 0 bridgehead atoms. The topological polar surface area (TPSA) is 101 Å². The Bertz CT molecular complexity index is 1340. The molecule has 0 saturated carbocycles. The van der Waals surface area contributed by atoms with Crippen LogP contribution in [0.25, 0.3) is 16.9 Å². The second-order valence-electron chi connectivity index (χ2n) is 8.31. The van der Waals surface area contributed by atoms with E-state index >= 15 is 0 Å². The van der Waals surface area contributed by atoms with Gasteiger partial charge in [-0.1, -0.05) is 48.5 Å². The molecule has 4 aromatic rings. The van der Waals surface area contributed by atoms with Gasteiger partial charge in [0.25, 0.3) is 0 Å². The quantitative estimate of drug-likeness (QED) is 0.389. The van der Waals surface area contributed by atoms with Crippen LogP contribution in [-0.2, 0) is 9.59 Å². The zero-order valence-corrected chi connectivity index (χ0v) is 18.9. The van der Waals surface area contributed by atoms with Gasteiger partial charge in [0, 0.05) is 36.6 Å². The number of amides is 1. The molecule has 0 aliphatic carbocycles. The van der Waals surface area contributed by atoms with Crippen molar-refractivity contribution in [3.05, 3.63) is 96.6 Å². The third-order valence-electron chi connectivity index (χ3n) is 5.92. The van der Waals surface area contributed by atoms with E-state index in [0.29, 0.717) is 17.9 Å². The molecule has 2 aromatic carbocycles. The highest BCUT2D eigenvalue weighted by Gasteiger charge is 2.36. The van der Waals surface area contributed by atoms with Crippen molar-refractivity contribution in [2.45, 2.75) is 31.7 Å². The fraction of sp³-hybridized carbons (Fsp3) is 0.185. The van der Waals surface area contributed by atoms with Gasteiger partial charge in [0.2, 0.25) is 5.91 Å². The van der Waals surface area contributed by atoms with E-state index in [0.717, 1.165) is 22.5 Å². The molecule has 0 fully saturated rings. The number of carboxylic acid groups (broad SMARTS) is 1. The molecule has 0 radical (unpaired) electrons. The molecule has 176 valence electrons. The highest BCUT2D eigenvalue weighted by Crippen LogP contribution is 2.38. The molecule has 0 saturated heterocycles. The van der Waals surface area contributed by atoms with Gasteiger partial charge < -0.3 is 9.52 Å². The highest BCUT2D eigenvalue weighted by molar-refractivity contribution is 6.01. The zero-order chi connectivity index (χ0) is 24.2. The Labute approximate surface area is 202 Å². The van der Waals surface area contributed by atoms with E-state index in [1.807, 2.05) is 77.6 Å². The second kappa shape index (κ2) is 9.80. The van der Waals surface area contributed by atoms with Crippen molar-refractivity contribution in [2.75, 3.05) is 0 Å². The number of rotatable bonds is 8. The van der Waals surface area contributed by atoms with Crippen LogP contribution in [-0.4, -0.2) is 37.5 Å². The SMILES string of the molecule is O=C(O)CCCC(=O)N1N=C(c2ccco2)C[C@H]1c1cn(-c2ccccc2)nc1-c1ccccc1. The van der Waals surface area contributed by atoms with Gasteiger partial charge in [0.05, 0.1) is 23.7 Å². The summed E-state index contributed by atoms with van der Waals surface area (Å²) in [6.07, 6.45) is 4.25. The van der Waals surface area contributed by atoms with Crippen molar-refractivity contribution in [2.24, 2.45) is 5.10 Å². The average Bonchev–Trinajstić information content (AvgIpc) is 3.64. The van der Waals surface area contributed by atoms with E-state index in [4.69, 9.17) is 14.6 Å². The van der Waals surface area contributed by atoms with Crippen molar-refractivity contribution < 1.29 is 19.1 Å². The lowest BCUT2D eigenvalue weighted by Crippen LogP contribution is -2.27. The van der Waals surface area contributed by atoms with E-state index in [2.05, 4.69) is 5.10 Å². The number of carbonyl (C=O) groups is 2. The maximum Gasteiger partial charge on any atom is 0.303 e. The number of aromatic nitrogens is 2. The number of carbonyl (C=O) groups excluding carboxylic acids is 1. The summed E-state index contributed by atoms with van der Waals surface area (Å²) in [5.74, 6) is -0.553. The Morgan fingerprint density at radius 2 is 1.71 bits per heavy atom. The molecular weight excluding hydrogens is 444 g/mol. The lowest BCUT2D eigenvalue weighted by Gasteiger charge is -2.21. The Balaban J connectivity index is 1.55. The molecule has 1 aliphatic rings. The maximum absolute atomic E-state index is 13.2. The van der Waals surface area contributed by atoms with Crippen molar-refractivity contribution >= 4 is 17.6 Å². The van der Waals surface area contributed by atoms with E-state index < -0.39 is 12.0 Å². The van der Waals surface area contributed by atoms with Crippen LogP contribution in [0.2, 0.25) is 0 Å². The van der Waals surface area contributed by atoms with E-state index in [9.17, 15) is 9.59 Å². The Hall–Kier alpha value is -4.46. The number of para-hydroxylation sites is 1. The van der Waals surface area contributed by atoms with Crippen molar-refractivity contribution in [1.29, 1.82) is 0 Å². The molecule has 5 rings (SSSR count). The minimum Gasteiger partial charge on any atom is -0.481 e. The molecule has 1 N–H and O–H groups in total. The minimum atomic E-state index is -0.925. The summed E-state index contributed by atoms with van der Waals surface area (Å²) in [5.41, 5.74) is 4.12. The number of hydrogen-bond acceptors (Lipinski definition) is 5. The van der Waals surface area contributed by atoms with Crippen LogP contribution in [0.4, 0.5) is 0 Å². The third-order valence-corrected chi connectivity index (χ3v) is 5.92. The molecule has 0 spiro atoms. The predicted octanol–water partition coefficient (Wildman–Crippen LogP) is 5.06. The summed E-state index contributed by atoms with van der Waals surface area (Å²) in [7, 11) is 0. The third kappa shape index (κ3) is 4.77. The smallest absolute Gasteiger partial charge is 0.303 e. The number of nitrogens with zero attached hydrogens (tertiary/aromatic N) is 4. The molecule has 8 heteroatoms. The first-order valence-electron chi connectivity index (χ1n) is 11.5. The van der Waals surface area contributed by atoms with Gasteiger partial charge in [-0.2, -0.15) is 10.2 Å². The van der Waals surface area contributed by atoms with Crippen LogP contribution < -0.4 is 0 Å². The summed E-state index contributed by atoms with van der Waals surface area (Å²) in [6.45, 7) is 0. The molecule has 8 nitrogen and oxygen atoms in total. The number of carboxylic acids is 1. The predicted molar refractivity (Wildman–Crippen MR) is 130 cm³/mol. The molecule has 2 aromatic heterocycles. The molecule has 0 unspecified atom stereocenters. The summed E-state index contributed by atoms with van der Waals surface area (Å²) in [5, 5.41) is 20.0. The second-order valence-corrected chi connectivity index (χ2v) is 8.31. The first-order valence-corrected chi connectivity index (χ1v) is 11.5. The van der Waals surface area contributed by atoms with Crippen molar-refractivity contribution in [1.82, 2.24) is 14.8 Å². The minimum absolute atomic E-state index is 0.0692. The van der Waals surface area contributed by atoms with Gasteiger partial charge in [-0.05, 0) is 30.7 Å². The molecule has 3 heterocycles. The highest BCUT2D eigenvalue weighted by atomic mass is 16.4. The molecular formula is C27H24N4O4. The first kappa shape index (κ1) is 22.3. The largest absolute Gasteiger partial charge is 0.481 e. The van der Waals surface area contributed by atoms with Crippen LogP contribution >= 0.6 is 0 Å². The first-order chi connectivity index (χ1) is 17.1. The summed E-state index contributed by atoms with van der Waals surface area (Å²) in [6, 6.07) is 22.8. The van der Waals surface area contributed by atoms with Crippen LogP contribution in [0.15, 0.2) is 94.8 Å². The normalized spacial score (nSPS) is 15.3. The van der Waals surface area contributed by atoms with Gasteiger partial charge >= 0.3 is 5.97 Å². The number of furan rings is 1. The van der Waals surface area contributed by atoms with Crippen molar-refractivity contribution in [3.8, 4) is 16.9 Å². The van der Waals surface area contributed by atoms with E-state index in [-0.39, 0.29) is 25.2 Å². The molecule has 35 heavy (non-hydrogen) atoms. The van der Waals surface area contributed by atoms with Gasteiger partial charge in [-0.15, -0.1) is 0 Å². The Morgan fingerprint density at radius 1 is 0.971 bits per heavy atom. The van der Waals surface area contributed by atoms with Gasteiger partial charge in [0.15, 0.2) is 0 Å².